The van der Waals surface area contributed by atoms with E-state index in [2.05, 4.69) is 38.1 Å². The molecule has 0 amide bonds. The van der Waals surface area contributed by atoms with E-state index in [9.17, 15) is 0 Å². The third-order valence-electron chi connectivity index (χ3n) is 3.61. The Balaban J connectivity index is 2.30. The van der Waals surface area contributed by atoms with Crippen LogP contribution in [-0.2, 0) is 0 Å². The number of halogens is 1. The minimum absolute atomic E-state index is 0.0786. The molecule has 0 spiro atoms. The molecule has 2 N–H and O–H groups in total. The molecule has 2 aromatic carbocycles. The first-order chi connectivity index (χ1) is 10.0. The van der Waals surface area contributed by atoms with Crippen molar-refractivity contribution in [2.24, 2.45) is 5.73 Å². The summed E-state index contributed by atoms with van der Waals surface area (Å²) < 4.78 is 6.12. The molecule has 0 fully saturated rings. The molecule has 0 aliphatic carbocycles. The summed E-state index contributed by atoms with van der Waals surface area (Å²) in [5, 5.41) is 0.621. The van der Waals surface area contributed by atoms with Crippen molar-refractivity contribution >= 4 is 11.6 Å². The summed E-state index contributed by atoms with van der Waals surface area (Å²) in [6.45, 7) is 6.13. The minimum Gasteiger partial charge on any atom is -0.483 e. The van der Waals surface area contributed by atoms with Gasteiger partial charge in [-0.05, 0) is 43.5 Å². The fraction of sp³-hybridized carbons (Fsp3) is 0.333. The number of hydrogen-bond donors (Lipinski definition) is 1. The molecule has 0 aliphatic rings. The molecule has 0 saturated carbocycles. The van der Waals surface area contributed by atoms with Crippen LogP contribution >= 0.6 is 11.6 Å². The summed E-state index contributed by atoms with van der Waals surface area (Å²) in [5.74, 6) is 0.678. The standard InChI is InChI=1S/C18H22ClNO/c1-4-16(20)18(14-8-5-12(2)6-9-14)21-17-10-7-13(3)11-15(17)19/h5-11,16,18H,4,20H2,1-3H3. The van der Waals surface area contributed by atoms with Gasteiger partial charge in [0, 0.05) is 6.04 Å². The Kier molecular flexibility index (Phi) is 5.27. The Morgan fingerprint density at radius 3 is 2.24 bits per heavy atom. The van der Waals surface area contributed by atoms with E-state index in [0.29, 0.717) is 10.8 Å². The Bertz CT molecular complexity index is 595. The largest absolute Gasteiger partial charge is 0.483 e. The lowest BCUT2D eigenvalue weighted by Crippen LogP contribution is -2.31. The zero-order valence-corrected chi connectivity index (χ0v) is 13.5. The van der Waals surface area contributed by atoms with Crippen molar-refractivity contribution in [2.75, 3.05) is 0 Å². The molecule has 0 heterocycles. The molecular weight excluding hydrogens is 282 g/mol. The van der Waals surface area contributed by atoms with Crippen molar-refractivity contribution in [3.8, 4) is 5.75 Å². The maximum Gasteiger partial charge on any atom is 0.139 e. The molecule has 0 bridgehead atoms. The van der Waals surface area contributed by atoms with Crippen LogP contribution in [0.3, 0.4) is 0 Å². The van der Waals surface area contributed by atoms with Gasteiger partial charge in [-0.15, -0.1) is 0 Å². The number of benzene rings is 2. The van der Waals surface area contributed by atoms with E-state index in [1.807, 2.05) is 25.1 Å². The van der Waals surface area contributed by atoms with Crippen molar-refractivity contribution in [3.05, 3.63) is 64.2 Å². The number of hydrogen-bond acceptors (Lipinski definition) is 2. The van der Waals surface area contributed by atoms with Crippen molar-refractivity contribution < 1.29 is 4.74 Å². The van der Waals surface area contributed by atoms with Crippen molar-refractivity contribution in [3.63, 3.8) is 0 Å². The molecule has 0 aromatic heterocycles. The topological polar surface area (TPSA) is 35.2 Å². The molecule has 0 aliphatic heterocycles. The normalized spacial score (nSPS) is 13.8. The molecule has 2 nitrogen and oxygen atoms in total. The minimum atomic E-state index is -0.198. The summed E-state index contributed by atoms with van der Waals surface area (Å²) in [7, 11) is 0. The van der Waals surface area contributed by atoms with Gasteiger partial charge in [0.1, 0.15) is 11.9 Å². The van der Waals surface area contributed by atoms with Crippen LogP contribution < -0.4 is 10.5 Å². The second-order valence-electron chi connectivity index (χ2n) is 5.46. The molecule has 2 unspecified atom stereocenters. The van der Waals surface area contributed by atoms with E-state index < -0.39 is 0 Å². The van der Waals surface area contributed by atoms with Gasteiger partial charge in [0.05, 0.1) is 5.02 Å². The van der Waals surface area contributed by atoms with Crippen LogP contribution in [0.5, 0.6) is 5.75 Å². The summed E-state index contributed by atoms with van der Waals surface area (Å²) >= 11 is 6.27. The molecule has 3 heteroatoms. The van der Waals surface area contributed by atoms with Gasteiger partial charge in [-0.1, -0.05) is 54.4 Å². The summed E-state index contributed by atoms with van der Waals surface area (Å²) in [6, 6.07) is 14.0. The smallest absolute Gasteiger partial charge is 0.139 e. The maximum atomic E-state index is 6.27. The lowest BCUT2D eigenvalue weighted by atomic mass is 9.99. The highest BCUT2D eigenvalue weighted by Crippen LogP contribution is 2.31. The van der Waals surface area contributed by atoms with E-state index >= 15 is 0 Å². The van der Waals surface area contributed by atoms with E-state index in [4.69, 9.17) is 22.1 Å². The Labute approximate surface area is 131 Å². The Morgan fingerprint density at radius 2 is 1.67 bits per heavy atom. The van der Waals surface area contributed by atoms with Gasteiger partial charge in [0.2, 0.25) is 0 Å². The van der Waals surface area contributed by atoms with Crippen LogP contribution in [0.25, 0.3) is 0 Å². The molecule has 112 valence electrons. The first-order valence-electron chi connectivity index (χ1n) is 7.26. The van der Waals surface area contributed by atoms with Crippen LogP contribution in [0.2, 0.25) is 5.02 Å². The van der Waals surface area contributed by atoms with Crippen LogP contribution in [-0.4, -0.2) is 6.04 Å². The van der Waals surface area contributed by atoms with Crippen molar-refractivity contribution in [1.82, 2.24) is 0 Å². The monoisotopic (exact) mass is 303 g/mol. The average Bonchev–Trinajstić information content (AvgIpc) is 2.47. The highest BCUT2D eigenvalue weighted by atomic mass is 35.5. The third-order valence-corrected chi connectivity index (χ3v) is 3.90. The average molecular weight is 304 g/mol. The van der Waals surface area contributed by atoms with Crippen molar-refractivity contribution in [2.45, 2.75) is 39.3 Å². The van der Waals surface area contributed by atoms with Gasteiger partial charge in [0.25, 0.3) is 0 Å². The van der Waals surface area contributed by atoms with Gasteiger partial charge in [0.15, 0.2) is 0 Å². The van der Waals surface area contributed by atoms with Crippen molar-refractivity contribution in [1.29, 1.82) is 0 Å². The van der Waals surface area contributed by atoms with E-state index in [0.717, 1.165) is 17.5 Å². The quantitative estimate of drug-likeness (QED) is 0.860. The summed E-state index contributed by atoms with van der Waals surface area (Å²) in [5.41, 5.74) is 9.65. The molecule has 2 atom stereocenters. The molecule has 0 radical (unpaired) electrons. The molecular formula is C18H22ClNO. The van der Waals surface area contributed by atoms with Gasteiger partial charge < -0.3 is 10.5 Å². The SMILES string of the molecule is CCC(N)C(Oc1ccc(C)cc1Cl)c1ccc(C)cc1. The maximum absolute atomic E-state index is 6.27. The number of ether oxygens (including phenoxy) is 1. The van der Waals surface area contributed by atoms with E-state index in [-0.39, 0.29) is 12.1 Å². The van der Waals surface area contributed by atoms with E-state index in [1.165, 1.54) is 5.56 Å². The Morgan fingerprint density at radius 1 is 1.05 bits per heavy atom. The summed E-state index contributed by atoms with van der Waals surface area (Å²) in [4.78, 5) is 0. The number of nitrogens with two attached hydrogens (primary N) is 1. The first kappa shape index (κ1) is 15.9. The molecule has 21 heavy (non-hydrogen) atoms. The van der Waals surface area contributed by atoms with Crippen LogP contribution in [0, 0.1) is 13.8 Å². The molecule has 0 saturated heterocycles. The number of rotatable bonds is 5. The number of aryl methyl sites for hydroxylation is 2. The molecule has 2 rings (SSSR count). The molecule has 2 aromatic rings. The van der Waals surface area contributed by atoms with Gasteiger partial charge in [-0.25, -0.2) is 0 Å². The zero-order valence-electron chi connectivity index (χ0n) is 12.8. The highest BCUT2D eigenvalue weighted by Gasteiger charge is 2.21. The second kappa shape index (κ2) is 6.97. The predicted molar refractivity (Wildman–Crippen MR) is 89.0 cm³/mol. The zero-order chi connectivity index (χ0) is 15.4. The van der Waals surface area contributed by atoms with Gasteiger partial charge >= 0.3 is 0 Å². The van der Waals surface area contributed by atoms with Crippen LogP contribution in [0.4, 0.5) is 0 Å². The van der Waals surface area contributed by atoms with Gasteiger partial charge in [-0.3, -0.25) is 0 Å². The van der Waals surface area contributed by atoms with Gasteiger partial charge in [-0.2, -0.15) is 0 Å². The van der Waals surface area contributed by atoms with Crippen LogP contribution in [0.1, 0.15) is 36.1 Å². The Hall–Kier alpha value is -1.51. The highest BCUT2D eigenvalue weighted by molar-refractivity contribution is 6.32. The predicted octanol–water partition coefficient (Wildman–Crippen LogP) is 4.81. The fourth-order valence-electron chi connectivity index (χ4n) is 2.21. The first-order valence-corrected chi connectivity index (χ1v) is 7.64. The van der Waals surface area contributed by atoms with Crippen LogP contribution in [0.15, 0.2) is 42.5 Å². The fourth-order valence-corrected chi connectivity index (χ4v) is 2.49. The second-order valence-corrected chi connectivity index (χ2v) is 5.86. The summed E-state index contributed by atoms with van der Waals surface area (Å²) in [6.07, 6.45) is 0.637. The lowest BCUT2D eigenvalue weighted by Gasteiger charge is -2.25. The van der Waals surface area contributed by atoms with E-state index in [1.54, 1.807) is 0 Å². The lowest BCUT2D eigenvalue weighted by molar-refractivity contribution is 0.171. The third kappa shape index (κ3) is 3.99.